The average molecular weight is 256 g/mol. The van der Waals surface area contributed by atoms with Crippen LogP contribution in [0.1, 0.15) is 34.1 Å². The number of amides is 1. The molecule has 0 spiro atoms. The highest BCUT2D eigenvalue weighted by atomic mass is 32.2. The number of anilines is 1. The van der Waals surface area contributed by atoms with Gasteiger partial charge in [0.15, 0.2) is 0 Å². The Bertz CT molecular complexity index is 495. The van der Waals surface area contributed by atoms with Crippen LogP contribution in [0.4, 0.5) is 5.00 Å². The maximum atomic E-state index is 11.8. The molecule has 2 N–H and O–H groups in total. The van der Waals surface area contributed by atoms with Crippen LogP contribution in [-0.4, -0.2) is 10.1 Å². The zero-order chi connectivity index (χ0) is 11.3. The van der Waals surface area contributed by atoms with Crippen LogP contribution in [0.2, 0.25) is 0 Å². The zero-order valence-electron chi connectivity index (χ0n) is 8.83. The highest BCUT2D eigenvalue weighted by Crippen LogP contribution is 2.40. The molecule has 6 heteroatoms. The fraction of sp³-hybridized carbons (Fsp3) is 0.500. The quantitative estimate of drug-likeness (QED) is 0.741. The van der Waals surface area contributed by atoms with Gasteiger partial charge in [-0.25, -0.2) is 4.21 Å². The lowest BCUT2D eigenvalue weighted by Gasteiger charge is -2.19. The van der Waals surface area contributed by atoms with Crippen molar-refractivity contribution in [2.75, 3.05) is 4.72 Å². The fourth-order valence-corrected chi connectivity index (χ4v) is 4.55. The summed E-state index contributed by atoms with van der Waals surface area (Å²) in [5.74, 6) is 0.486. The first-order valence-electron chi connectivity index (χ1n) is 5.29. The number of carbonyl (C=O) groups is 1. The molecule has 0 aromatic carbocycles. The second-order valence-corrected chi connectivity index (χ2v) is 6.41. The lowest BCUT2D eigenvalue weighted by molar-refractivity contribution is 0.0982. The SMILES string of the molecule is CC1CCc2c(sc3c2C(=O)NS(=O)N3)C1. The number of rotatable bonds is 0. The Morgan fingerprint density at radius 2 is 2.25 bits per heavy atom. The molecular formula is C10H12N2O2S2. The van der Waals surface area contributed by atoms with Crippen LogP contribution < -0.4 is 9.44 Å². The molecule has 3 rings (SSSR count). The summed E-state index contributed by atoms with van der Waals surface area (Å²) in [6.07, 6.45) is 3.13. The molecule has 86 valence electrons. The van der Waals surface area contributed by atoms with E-state index in [1.807, 2.05) is 0 Å². The number of nitrogens with one attached hydrogen (secondary N) is 2. The van der Waals surface area contributed by atoms with E-state index < -0.39 is 11.2 Å². The van der Waals surface area contributed by atoms with Crippen molar-refractivity contribution in [2.45, 2.75) is 26.2 Å². The van der Waals surface area contributed by atoms with Crippen molar-refractivity contribution in [3.05, 3.63) is 16.0 Å². The van der Waals surface area contributed by atoms with Crippen molar-refractivity contribution in [1.29, 1.82) is 0 Å². The molecule has 2 heterocycles. The van der Waals surface area contributed by atoms with E-state index in [4.69, 9.17) is 0 Å². The maximum Gasteiger partial charge on any atom is 0.267 e. The smallest absolute Gasteiger partial charge is 0.267 e. The molecular weight excluding hydrogens is 244 g/mol. The van der Waals surface area contributed by atoms with Gasteiger partial charge in [-0.3, -0.25) is 14.2 Å². The molecule has 0 bridgehead atoms. The lowest BCUT2D eigenvalue weighted by Crippen LogP contribution is -2.35. The van der Waals surface area contributed by atoms with E-state index in [1.54, 1.807) is 11.3 Å². The number of thiophene rings is 1. The number of hydrogen-bond acceptors (Lipinski definition) is 3. The molecule has 1 aliphatic heterocycles. The van der Waals surface area contributed by atoms with E-state index in [0.29, 0.717) is 5.92 Å². The van der Waals surface area contributed by atoms with Gasteiger partial charge in [0.1, 0.15) is 5.00 Å². The zero-order valence-corrected chi connectivity index (χ0v) is 10.5. The van der Waals surface area contributed by atoms with Crippen LogP contribution >= 0.6 is 11.3 Å². The fourth-order valence-electron chi connectivity index (χ4n) is 2.31. The molecule has 2 unspecified atom stereocenters. The molecule has 0 radical (unpaired) electrons. The molecule has 2 atom stereocenters. The van der Waals surface area contributed by atoms with Crippen molar-refractivity contribution in [3.63, 3.8) is 0 Å². The first kappa shape index (κ1) is 10.3. The second-order valence-electron chi connectivity index (χ2n) is 4.36. The molecule has 1 amide bonds. The van der Waals surface area contributed by atoms with Crippen molar-refractivity contribution >= 4 is 33.4 Å². The summed E-state index contributed by atoms with van der Waals surface area (Å²) in [4.78, 5) is 13.1. The molecule has 0 saturated heterocycles. The molecule has 1 aliphatic carbocycles. The van der Waals surface area contributed by atoms with E-state index in [-0.39, 0.29) is 5.91 Å². The summed E-state index contributed by atoms with van der Waals surface area (Å²) >= 11 is 0.126. The maximum absolute atomic E-state index is 11.8. The van der Waals surface area contributed by atoms with Gasteiger partial charge in [-0.2, -0.15) is 0 Å². The highest BCUT2D eigenvalue weighted by Gasteiger charge is 2.31. The van der Waals surface area contributed by atoms with Gasteiger partial charge in [0, 0.05) is 4.88 Å². The van der Waals surface area contributed by atoms with E-state index in [0.717, 1.165) is 29.8 Å². The van der Waals surface area contributed by atoms with Crippen LogP contribution in [0.5, 0.6) is 0 Å². The molecule has 16 heavy (non-hydrogen) atoms. The lowest BCUT2D eigenvalue weighted by atomic mass is 9.88. The Hall–Kier alpha value is -0.880. The van der Waals surface area contributed by atoms with Crippen LogP contribution in [0.25, 0.3) is 0 Å². The minimum atomic E-state index is -1.46. The van der Waals surface area contributed by atoms with E-state index in [1.165, 1.54) is 10.4 Å². The number of carbonyl (C=O) groups excluding carboxylic acids is 1. The third kappa shape index (κ3) is 1.48. The van der Waals surface area contributed by atoms with Gasteiger partial charge in [-0.05, 0) is 30.7 Å². The predicted octanol–water partition coefficient (Wildman–Crippen LogP) is 1.61. The van der Waals surface area contributed by atoms with Gasteiger partial charge in [0.25, 0.3) is 5.91 Å². The summed E-state index contributed by atoms with van der Waals surface area (Å²) in [6, 6.07) is 0. The van der Waals surface area contributed by atoms with Crippen LogP contribution in [-0.2, 0) is 24.0 Å². The van der Waals surface area contributed by atoms with Gasteiger partial charge in [0.05, 0.1) is 5.56 Å². The Morgan fingerprint density at radius 3 is 3.06 bits per heavy atom. The van der Waals surface area contributed by atoms with Crippen LogP contribution in [0, 0.1) is 5.92 Å². The Labute approximate surface area is 100 Å². The van der Waals surface area contributed by atoms with Crippen molar-refractivity contribution in [2.24, 2.45) is 5.92 Å². The Balaban J connectivity index is 2.11. The van der Waals surface area contributed by atoms with Crippen LogP contribution in [0.15, 0.2) is 0 Å². The van der Waals surface area contributed by atoms with Gasteiger partial charge >= 0.3 is 0 Å². The number of hydrogen-bond donors (Lipinski definition) is 2. The largest absolute Gasteiger partial charge is 0.278 e. The van der Waals surface area contributed by atoms with Gasteiger partial charge in [0.2, 0.25) is 11.2 Å². The monoisotopic (exact) mass is 256 g/mol. The summed E-state index contributed by atoms with van der Waals surface area (Å²) in [5, 5.41) is 0.779. The average Bonchev–Trinajstić information content (AvgIpc) is 2.54. The van der Waals surface area contributed by atoms with Gasteiger partial charge < -0.3 is 0 Å². The van der Waals surface area contributed by atoms with E-state index in [2.05, 4.69) is 16.4 Å². The molecule has 0 fully saturated rings. The van der Waals surface area contributed by atoms with E-state index >= 15 is 0 Å². The second kappa shape index (κ2) is 3.56. The van der Waals surface area contributed by atoms with Gasteiger partial charge in [-0.1, -0.05) is 6.92 Å². The topological polar surface area (TPSA) is 58.2 Å². The minimum absolute atomic E-state index is 0.195. The first-order valence-corrected chi connectivity index (χ1v) is 7.25. The molecule has 2 aliphatic rings. The van der Waals surface area contributed by atoms with Crippen molar-refractivity contribution in [1.82, 2.24) is 4.72 Å². The third-order valence-electron chi connectivity index (χ3n) is 3.11. The third-order valence-corrected chi connectivity index (χ3v) is 5.17. The Morgan fingerprint density at radius 1 is 1.44 bits per heavy atom. The summed E-state index contributed by atoms with van der Waals surface area (Å²) < 4.78 is 16.5. The predicted molar refractivity (Wildman–Crippen MR) is 64.7 cm³/mol. The first-order chi connectivity index (χ1) is 7.65. The standard InChI is InChI=1S/C10H12N2O2S2/c1-5-2-3-6-7(4-5)15-10-8(6)9(13)11-16(14)12-10/h5,12H,2-4H2,1H3,(H,11,13). The summed E-state index contributed by atoms with van der Waals surface area (Å²) in [6.45, 7) is 2.23. The Kier molecular flexibility index (Phi) is 2.29. The number of fused-ring (bicyclic) bond motifs is 3. The highest BCUT2D eigenvalue weighted by molar-refractivity contribution is 7.85. The molecule has 0 saturated carbocycles. The van der Waals surface area contributed by atoms with Crippen molar-refractivity contribution < 1.29 is 9.00 Å². The summed E-state index contributed by atoms with van der Waals surface area (Å²) in [5.41, 5.74) is 1.89. The van der Waals surface area contributed by atoms with Crippen LogP contribution in [0.3, 0.4) is 0 Å². The normalized spacial score (nSPS) is 27.7. The molecule has 1 aromatic rings. The summed E-state index contributed by atoms with van der Waals surface area (Å²) in [7, 11) is 0. The van der Waals surface area contributed by atoms with E-state index in [9.17, 15) is 9.00 Å². The minimum Gasteiger partial charge on any atom is -0.278 e. The molecule has 4 nitrogen and oxygen atoms in total. The van der Waals surface area contributed by atoms with Crippen molar-refractivity contribution in [3.8, 4) is 0 Å². The van der Waals surface area contributed by atoms with Gasteiger partial charge in [-0.15, -0.1) is 11.3 Å². The molecule has 1 aromatic heterocycles.